The first-order valence-electron chi connectivity index (χ1n) is 8.50. The highest BCUT2D eigenvalue weighted by Crippen LogP contribution is 2.29. The molecule has 8 heteroatoms. The van der Waals surface area contributed by atoms with Gasteiger partial charge >= 0.3 is 0 Å². The molecule has 0 aromatic heterocycles. The number of piperidine rings is 1. The molecule has 0 radical (unpaired) electrons. The summed E-state index contributed by atoms with van der Waals surface area (Å²) < 4.78 is 31.6. The predicted molar refractivity (Wildman–Crippen MR) is 95.6 cm³/mol. The number of sulfonamides is 1. The molecule has 1 aliphatic heterocycles. The predicted octanol–water partition coefficient (Wildman–Crippen LogP) is 0.617. The van der Waals surface area contributed by atoms with Crippen molar-refractivity contribution in [2.45, 2.75) is 31.2 Å². The first-order valence-corrected chi connectivity index (χ1v) is 9.98. The maximum atomic E-state index is 12.7. The van der Waals surface area contributed by atoms with E-state index in [9.17, 15) is 13.2 Å². The monoisotopic (exact) mass is 369 g/mol. The van der Waals surface area contributed by atoms with Gasteiger partial charge in [-0.05, 0) is 43.6 Å². The summed E-state index contributed by atoms with van der Waals surface area (Å²) in [5.74, 6) is -0.0137. The third kappa shape index (κ3) is 5.01. The van der Waals surface area contributed by atoms with Crippen molar-refractivity contribution in [3.8, 4) is 0 Å². The highest BCUT2D eigenvalue weighted by Gasteiger charge is 2.39. The first-order chi connectivity index (χ1) is 11.9. The van der Waals surface area contributed by atoms with E-state index in [1.54, 1.807) is 38.3 Å². The van der Waals surface area contributed by atoms with Crippen LogP contribution in [0.4, 0.5) is 0 Å². The summed E-state index contributed by atoms with van der Waals surface area (Å²) in [6.45, 7) is 4.44. The SMILES string of the molecule is CCNS(=O)(=O)c1ccc(CNC(=O)C2(COC)CCNCC2)cc1. The first kappa shape index (κ1) is 19.8. The second kappa shape index (κ2) is 8.75. The summed E-state index contributed by atoms with van der Waals surface area (Å²) >= 11 is 0. The normalized spacial score (nSPS) is 17.2. The smallest absolute Gasteiger partial charge is 0.240 e. The summed E-state index contributed by atoms with van der Waals surface area (Å²) in [7, 11) is -1.84. The molecule has 0 spiro atoms. The second-order valence-electron chi connectivity index (χ2n) is 6.29. The van der Waals surface area contributed by atoms with E-state index in [-0.39, 0.29) is 10.8 Å². The minimum absolute atomic E-state index is 0.0137. The van der Waals surface area contributed by atoms with E-state index in [0.717, 1.165) is 31.5 Å². The number of hydrogen-bond acceptors (Lipinski definition) is 5. The Morgan fingerprint density at radius 3 is 2.44 bits per heavy atom. The van der Waals surface area contributed by atoms with E-state index in [4.69, 9.17) is 4.74 Å². The Labute approximate surface area is 149 Å². The van der Waals surface area contributed by atoms with Crippen molar-refractivity contribution in [3.63, 3.8) is 0 Å². The van der Waals surface area contributed by atoms with Crippen molar-refractivity contribution >= 4 is 15.9 Å². The van der Waals surface area contributed by atoms with Gasteiger partial charge in [0.2, 0.25) is 15.9 Å². The standard InChI is InChI=1S/C17H27N3O4S/c1-3-20-25(22,23)15-6-4-14(5-7-15)12-19-16(21)17(13-24-2)8-10-18-11-9-17/h4-7,18,20H,3,8-13H2,1-2H3,(H,19,21). The van der Waals surface area contributed by atoms with Crippen molar-refractivity contribution < 1.29 is 17.9 Å². The molecule has 0 aliphatic carbocycles. The number of benzene rings is 1. The maximum absolute atomic E-state index is 12.7. The highest BCUT2D eigenvalue weighted by molar-refractivity contribution is 7.89. The van der Waals surface area contributed by atoms with Gasteiger partial charge in [0.05, 0.1) is 16.9 Å². The molecule has 1 amide bonds. The van der Waals surface area contributed by atoms with Crippen LogP contribution in [0.3, 0.4) is 0 Å². The average Bonchev–Trinajstić information content (AvgIpc) is 2.61. The Hall–Kier alpha value is -1.48. The molecule has 2 rings (SSSR count). The van der Waals surface area contributed by atoms with Gasteiger partial charge in [-0.1, -0.05) is 19.1 Å². The van der Waals surface area contributed by atoms with Crippen LogP contribution in [0.5, 0.6) is 0 Å². The van der Waals surface area contributed by atoms with E-state index in [0.29, 0.717) is 19.7 Å². The number of methoxy groups -OCH3 is 1. The van der Waals surface area contributed by atoms with Crippen molar-refractivity contribution in [1.29, 1.82) is 0 Å². The van der Waals surface area contributed by atoms with Gasteiger partial charge < -0.3 is 15.4 Å². The lowest BCUT2D eigenvalue weighted by Crippen LogP contribution is -2.49. The number of rotatable bonds is 8. The third-order valence-corrected chi connectivity index (χ3v) is 6.05. The molecule has 7 nitrogen and oxygen atoms in total. The maximum Gasteiger partial charge on any atom is 0.240 e. The van der Waals surface area contributed by atoms with Crippen molar-refractivity contribution in [1.82, 2.24) is 15.4 Å². The molecule has 3 N–H and O–H groups in total. The van der Waals surface area contributed by atoms with E-state index in [2.05, 4.69) is 15.4 Å². The quantitative estimate of drug-likeness (QED) is 0.624. The third-order valence-electron chi connectivity index (χ3n) is 4.48. The van der Waals surface area contributed by atoms with Gasteiger partial charge in [0, 0.05) is 20.2 Å². The number of nitrogens with one attached hydrogen (secondary N) is 3. The van der Waals surface area contributed by atoms with Crippen LogP contribution in [0.25, 0.3) is 0 Å². The lowest BCUT2D eigenvalue weighted by atomic mass is 9.78. The molecule has 1 fully saturated rings. The fraction of sp³-hybridized carbons (Fsp3) is 0.588. The van der Waals surface area contributed by atoms with Crippen LogP contribution in [0.1, 0.15) is 25.3 Å². The lowest BCUT2D eigenvalue weighted by Gasteiger charge is -2.35. The van der Waals surface area contributed by atoms with Crippen LogP contribution in [0.15, 0.2) is 29.2 Å². The Bertz CT molecular complexity index is 662. The molecule has 25 heavy (non-hydrogen) atoms. The molecule has 0 unspecified atom stereocenters. The zero-order chi connectivity index (χ0) is 18.3. The molecule has 140 valence electrons. The van der Waals surface area contributed by atoms with Gasteiger partial charge in [-0.25, -0.2) is 13.1 Å². The zero-order valence-electron chi connectivity index (χ0n) is 14.8. The minimum atomic E-state index is -3.45. The van der Waals surface area contributed by atoms with Crippen molar-refractivity contribution in [2.75, 3.05) is 33.4 Å². The fourth-order valence-electron chi connectivity index (χ4n) is 3.05. The summed E-state index contributed by atoms with van der Waals surface area (Å²) in [4.78, 5) is 12.9. The molecule has 0 atom stereocenters. The molecule has 0 bridgehead atoms. The van der Waals surface area contributed by atoms with Crippen LogP contribution < -0.4 is 15.4 Å². The Morgan fingerprint density at radius 1 is 1.24 bits per heavy atom. The second-order valence-corrected chi connectivity index (χ2v) is 8.06. The molecule has 0 saturated carbocycles. The molecule has 1 aliphatic rings. The molecular weight excluding hydrogens is 342 g/mol. The lowest BCUT2D eigenvalue weighted by molar-refractivity contribution is -0.136. The summed E-state index contributed by atoms with van der Waals surface area (Å²) in [5, 5.41) is 6.22. The highest BCUT2D eigenvalue weighted by atomic mass is 32.2. The van der Waals surface area contributed by atoms with Crippen molar-refractivity contribution in [3.05, 3.63) is 29.8 Å². The molecule has 1 saturated heterocycles. The van der Waals surface area contributed by atoms with E-state index >= 15 is 0 Å². The van der Waals surface area contributed by atoms with Crippen LogP contribution >= 0.6 is 0 Å². The number of amides is 1. The fourth-order valence-corrected chi connectivity index (χ4v) is 4.09. The topological polar surface area (TPSA) is 96.5 Å². The zero-order valence-corrected chi connectivity index (χ0v) is 15.6. The minimum Gasteiger partial charge on any atom is -0.384 e. The van der Waals surface area contributed by atoms with Crippen LogP contribution in [-0.4, -0.2) is 47.7 Å². The largest absolute Gasteiger partial charge is 0.384 e. The van der Waals surface area contributed by atoms with E-state index < -0.39 is 15.4 Å². The van der Waals surface area contributed by atoms with Gasteiger partial charge in [-0.15, -0.1) is 0 Å². The van der Waals surface area contributed by atoms with Gasteiger partial charge in [-0.3, -0.25) is 4.79 Å². The summed E-state index contributed by atoms with van der Waals surface area (Å²) in [6.07, 6.45) is 1.49. The molecule has 1 heterocycles. The molecule has 1 aromatic rings. The van der Waals surface area contributed by atoms with Gasteiger partial charge in [0.25, 0.3) is 0 Å². The number of ether oxygens (including phenoxy) is 1. The number of carbonyl (C=O) groups excluding carboxylic acids is 1. The Morgan fingerprint density at radius 2 is 1.88 bits per heavy atom. The van der Waals surface area contributed by atoms with Crippen molar-refractivity contribution in [2.24, 2.45) is 5.41 Å². The Balaban J connectivity index is 1.99. The van der Waals surface area contributed by atoms with E-state index in [1.807, 2.05) is 0 Å². The average molecular weight is 369 g/mol. The van der Waals surface area contributed by atoms with E-state index in [1.165, 1.54) is 0 Å². The van der Waals surface area contributed by atoms with Gasteiger partial charge in [0.1, 0.15) is 0 Å². The van der Waals surface area contributed by atoms with Gasteiger partial charge in [0.15, 0.2) is 0 Å². The number of carbonyl (C=O) groups is 1. The Kier molecular flexibility index (Phi) is 6.95. The van der Waals surface area contributed by atoms with Gasteiger partial charge in [-0.2, -0.15) is 0 Å². The summed E-state index contributed by atoms with van der Waals surface area (Å²) in [5.41, 5.74) is 0.360. The van der Waals surface area contributed by atoms with Crippen LogP contribution in [-0.2, 0) is 26.1 Å². The summed E-state index contributed by atoms with van der Waals surface area (Å²) in [6, 6.07) is 6.54. The van der Waals surface area contributed by atoms with Crippen LogP contribution in [0, 0.1) is 5.41 Å². The number of hydrogen-bond donors (Lipinski definition) is 3. The van der Waals surface area contributed by atoms with Crippen LogP contribution in [0.2, 0.25) is 0 Å². The molecule has 1 aromatic carbocycles. The molecular formula is C17H27N3O4S.